The predicted molar refractivity (Wildman–Crippen MR) is 115 cm³/mol. The molecule has 0 radical (unpaired) electrons. The summed E-state index contributed by atoms with van der Waals surface area (Å²) in [6.07, 6.45) is -1.01. The molecule has 174 valence electrons. The second kappa shape index (κ2) is 9.58. The summed E-state index contributed by atoms with van der Waals surface area (Å²) in [5.74, 6) is -0.143. The normalized spacial score (nSPS) is 15.2. The van der Waals surface area contributed by atoms with E-state index in [4.69, 9.17) is 16.3 Å². The summed E-state index contributed by atoms with van der Waals surface area (Å²) >= 11 is 5.59. The van der Waals surface area contributed by atoms with Gasteiger partial charge in [0, 0.05) is 18.8 Å². The average Bonchev–Trinajstić information content (AvgIpc) is 3.02. The number of carbonyl (C=O) groups is 1. The third kappa shape index (κ3) is 5.47. The van der Waals surface area contributed by atoms with Gasteiger partial charge in [0.25, 0.3) is 15.9 Å². The molecule has 0 aromatic heterocycles. The average molecular weight is 491 g/mol. The van der Waals surface area contributed by atoms with Gasteiger partial charge >= 0.3 is 6.18 Å². The van der Waals surface area contributed by atoms with E-state index in [9.17, 15) is 26.4 Å². The van der Waals surface area contributed by atoms with Crippen molar-refractivity contribution in [3.63, 3.8) is 0 Å². The van der Waals surface area contributed by atoms with E-state index in [1.807, 2.05) is 0 Å². The first-order valence-electron chi connectivity index (χ1n) is 9.90. The maximum atomic E-state index is 13.1. The molecule has 0 aliphatic carbocycles. The Morgan fingerprint density at radius 3 is 2.31 bits per heavy atom. The number of hydrogen-bond acceptors (Lipinski definition) is 4. The molecule has 1 aliphatic rings. The third-order valence-electron chi connectivity index (χ3n) is 5.13. The fourth-order valence-corrected chi connectivity index (χ4v) is 4.79. The van der Waals surface area contributed by atoms with Crippen molar-refractivity contribution in [1.82, 2.24) is 4.90 Å². The van der Waals surface area contributed by atoms with Crippen molar-refractivity contribution >= 4 is 33.2 Å². The third-order valence-corrected chi connectivity index (χ3v) is 6.84. The van der Waals surface area contributed by atoms with Crippen LogP contribution in [0.15, 0.2) is 41.3 Å². The number of halogens is 4. The zero-order valence-corrected chi connectivity index (χ0v) is 18.8. The minimum Gasteiger partial charge on any atom is -0.496 e. The second-order valence-corrected chi connectivity index (χ2v) is 9.46. The Morgan fingerprint density at radius 2 is 1.72 bits per heavy atom. The maximum Gasteiger partial charge on any atom is 0.417 e. The molecule has 11 heteroatoms. The topological polar surface area (TPSA) is 75.7 Å². The highest BCUT2D eigenvalue weighted by Gasteiger charge is 2.34. The van der Waals surface area contributed by atoms with Crippen LogP contribution in [-0.4, -0.2) is 39.4 Å². The van der Waals surface area contributed by atoms with Gasteiger partial charge in [0.05, 0.1) is 28.2 Å². The van der Waals surface area contributed by atoms with Crippen LogP contribution in [-0.2, 0) is 16.2 Å². The van der Waals surface area contributed by atoms with Crippen molar-refractivity contribution in [2.24, 2.45) is 0 Å². The molecule has 2 aromatic rings. The summed E-state index contributed by atoms with van der Waals surface area (Å²) in [6, 6.07) is 6.46. The molecule has 32 heavy (non-hydrogen) atoms. The van der Waals surface area contributed by atoms with Crippen LogP contribution in [0.25, 0.3) is 0 Å². The molecule has 1 saturated heterocycles. The van der Waals surface area contributed by atoms with Gasteiger partial charge in [-0.05, 0) is 49.2 Å². The quantitative estimate of drug-likeness (QED) is 0.626. The maximum absolute atomic E-state index is 13.1. The molecular formula is C21H22ClF3N2O4S. The van der Waals surface area contributed by atoms with Crippen LogP contribution in [0.3, 0.4) is 0 Å². The van der Waals surface area contributed by atoms with E-state index in [-0.39, 0.29) is 27.8 Å². The zero-order valence-electron chi connectivity index (χ0n) is 17.2. The van der Waals surface area contributed by atoms with Gasteiger partial charge in [0.1, 0.15) is 5.75 Å². The SMILES string of the molecule is COc1ccc(S(=O)(=O)Nc2ccc(Cl)c(C(F)(F)F)c2)cc1C(=O)N1CCCCCC1. The number of alkyl halides is 3. The van der Waals surface area contributed by atoms with Crippen molar-refractivity contribution in [3.8, 4) is 5.75 Å². The van der Waals surface area contributed by atoms with Gasteiger partial charge < -0.3 is 9.64 Å². The highest BCUT2D eigenvalue weighted by molar-refractivity contribution is 7.92. The summed E-state index contributed by atoms with van der Waals surface area (Å²) in [7, 11) is -2.93. The van der Waals surface area contributed by atoms with Gasteiger partial charge in [-0.3, -0.25) is 9.52 Å². The predicted octanol–water partition coefficient (Wildman–Crippen LogP) is 5.18. The molecule has 1 N–H and O–H groups in total. The number of anilines is 1. The molecule has 0 bridgehead atoms. The monoisotopic (exact) mass is 490 g/mol. The van der Waals surface area contributed by atoms with Crippen molar-refractivity contribution in [2.75, 3.05) is 24.9 Å². The Bertz CT molecular complexity index is 1100. The zero-order chi connectivity index (χ0) is 23.5. The Kier molecular flexibility index (Phi) is 7.24. The Balaban J connectivity index is 1.93. The molecule has 2 aromatic carbocycles. The van der Waals surface area contributed by atoms with Crippen molar-refractivity contribution < 1.29 is 31.1 Å². The number of ether oxygens (including phenoxy) is 1. The molecule has 1 aliphatic heterocycles. The van der Waals surface area contributed by atoms with Gasteiger partial charge in [-0.25, -0.2) is 8.42 Å². The molecule has 0 spiro atoms. The summed E-state index contributed by atoms with van der Waals surface area (Å²) in [5, 5.41) is -0.546. The number of nitrogens with zero attached hydrogens (tertiary/aromatic N) is 1. The molecular weight excluding hydrogens is 469 g/mol. The minimum atomic E-state index is -4.74. The minimum absolute atomic E-state index is 0.0735. The van der Waals surface area contributed by atoms with E-state index < -0.39 is 26.8 Å². The van der Waals surface area contributed by atoms with Gasteiger partial charge in [0.15, 0.2) is 0 Å². The Morgan fingerprint density at radius 1 is 1.06 bits per heavy atom. The number of hydrogen-bond donors (Lipinski definition) is 1. The summed E-state index contributed by atoms with van der Waals surface area (Å²) in [4.78, 5) is 14.4. The number of sulfonamides is 1. The Hall–Kier alpha value is -2.46. The number of benzene rings is 2. The summed E-state index contributed by atoms with van der Waals surface area (Å²) < 4.78 is 72.4. The molecule has 6 nitrogen and oxygen atoms in total. The first-order valence-corrected chi connectivity index (χ1v) is 11.8. The van der Waals surface area contributed by atoms with Crippen LogP contribution < -0.4 is 9.46 Å². The van der Waals surface area contributed by atoms with Gasteiger partial charge in [0.2, 0.25) is 0 Å². The van der Waals surface area contributed by atoms with E-state index in [2.05, 4.69) is 4.72 Å². The van der Waals surface area contributed by atoms with E-state index in [1.165, 1.54) is 25.3 Å². The standard InChI is InChI=1S/C21H22ClF3N2O4S/c1-31-19-9-7-15(13-16(19)20(28)27-10-4-2-3-5-11-27)32(29,30)26-14-6-8-18(22)17(12-14)21(23,24)25/h6-9,12-13,26H,2-5,10-11H2,1H3. The molecule has 1 amide bonds. The van der Waals surface area contributed by atoms with Gasteiger partial charge in [-0.1, -0.05) is 24.4 Å². The van der Waals surface area contributed by atoms with Crippen LogP contribution in [0.4, 0.5) is 18.9 Å². The van der Waals surface area contributed by atoms with Crippen LogP contribution in [0.1, 0.15) is 41.6 Å². The van der Waals surface area contributed by atoms with E-state index >= 15 is 0 Å². The lowest BCUT2D eigenvalue weighted by atomic mass is 10.1. The number of likely N-dealkylation sites (tertiary alicyclic amines) is 1. The highest BCUT2D eigenvalue weighted by Crippen LogP contribution is 2.36. The number of methoxy groups -OCH3 is 1. The van der Waals surface area contributed by atoms with E-state index in [1.54, 1.807) is 4.90 Å². The number of nitrogens with one attached hydrogen (secondary N) is 1. The molecule has 0 saturated carbocycles. The number of rotatable bonds is 5. The van der Waals surface area contributed by atoms with Crippen LogP contribution in [0, 0.1) is 0 Å². The molecule has 0 atom stereocenters. The lowest BCUT2D eigenvalue weighted by Gasteiger charge is -2.22. The first-order chi connectivity index (χ1) is 15.0. The summed E-state index contributed by atoms with van der Waals surface area (Å²) in [6.45, 7) is 1.12. The van der Waals surface area contributed by atoms with E-state index in [0.29, 0.717) is 19.2 Å². The van der Waals surface area contributed by atoms with Crippen LogP contribution in [0.2, 0.25) is 5.02 Å². The molecule has 0 unspecified atom stereocenters. The fraction of sp³-hybridized carbons (Fsp3) is 0.381. The molecule has 1 fully saturated rings. The first kappa shape index (κ1) is 24.2. The van der Waals surface area contributed by atoms with E-state index in [0.717, 1.165) is 37.8 Å². The Labute approximate surface area is 189 Å². The van der Waals surface area contributed by atoms with Crippen molar-refractivity contribution in [2.45, 2.75) is 36.8 Å². The van der Waals surface area contributed by atoms with Crippen LogP contribution >= 0.6 is 11.6 Å². The van der Waals surface area contributed by atoms with Gasteiger partial charge in [-0.2, -0.15) is 13.2 Å². The number of amides is 1. The largest absolute Gasteiger partial charge is 0.496 e. The molecule has 1 heterocycles. The number of carbonyl (C=O) groups excluding carboxylic acids is 1. The van der Waals surface area contributed by atoms with Crippen molar-refractivity contribution in [1.29, 1.82) is 0 Å². The van der Waals surface area contributed by atoms with Gasteiger partial charge in [-0.15, -0.1) is 0 Å². The smallest absolute Gasteiger partial charge is 0.417 e. The molecule has 3 rings (SSSR count). The highest BCUT2D eigenvalue weighted by atomic mass is 35.5. The second-order valence-electron chi connectivity index (χ2n) is 7.37. The van der Waals surface area contributed by atoms with Crippen LogP contribution in [0.5, 0.6) is 5.75 Å². The lowest BCUT2D eigenvalue weighted by molar-refractivity contribution is -0.137. The van der Waals surface area contributed by atoms with Crippen molar-refractivity contribution in [3.05, 3.63) is 52.5 Å². The fourth-order valence-electron chi connectivity index (χ4n) is 3.49. The lowest BCUT2D eigenvalue weighted by Crippen LogP contribution is -2.32. The summed E-state index contributed by atoms with van der Waals surface area (Å²) in [5.41, 5.74) is -1.39.